The fourth-order valence-corrected chi connectivity index (χ4v) is 7.30. The van der Waals surface area contributed by atoms with Crippen molar-refractivity contribution in [2.75, 3.05) is 38.6 Å². The van der Waals surface area contributed by atoms with E-state index in [-0.39, 0.29) is 27.9 Å². The topological polar surface area (TPSA) is 118 Å². The van der Waals surface area contributed by atoms with Gasteiger partial charge in [-0.1, -0.05) is 56.6 Å². The number of carbonyl (C=O) groups is 1. The van der Waals surface area contributed by atoms with Crippen LogP contribution in [-0.4, -0.2) is 67.0 Å². The SMILES string of the molecule is COc1ccc(NC(=O)C2CCCN(Cc3nc(-c4ccc(C(C)(C)C)cc4)no3)C2)cc1S(=O)(=O)N1CCCCC1. The van der Waals surface area contributed by atoms with Gasteiger partial charge in [0.25, 0.3) is 0 Å². The first-order valence-corrected chi connectivity index (χ1v) is 16.1. The predicted octanol–water partition coefficient (Wildman–Crippen LogP) is 5.07. The first kappa shape index (κ1) is 30.2. The van der Waals surface area contributed by atoms with Crippen LogP contribution < -0.4 is 10.1 Å². The van der Waals surface area contributed by atoms with E-state index in [9.17, 15) is 13.2 Å². The maximum absolute atomic E-state index is 13.4. The highest BCUT2D eigenvalue weighted by Crippen LogP contribution is 2.32. The standard InChI is InChI=1S/C31H41N5O5S/c1-31(2,3)24-12-10-22(11-13-24)29-33-28(41-34-29)21-35-16-8-9-23(20-35)30(37)32-25-14-15-26(40-4)27(19-25)42(38,39)36-17-6-5-7-18-36/h10-15,19,23H,5-9,16-18,20-21H2,1-4H3,(H,32,37). The smallest absolute Gasteiger partial charge is 0.246 e. The number of sulfonamides is 1. The van der Waals surface area contributed by atoms with Gasteiger partial charge >= 0.3 is 0 Å². The van der Waals surface area contributed by atoms with Crippen molar-refractivity contribution in [3.05, 3.63) is 53.9 Å². The number of aromatic nitrogens is 2. The summed E-state index contributed by atoms with van der Waals surface area (Å²) in [6.07, 6.45) is 4.30. The summed E-state index contributed by atoms with van der Waals surface area (Å²) in [7, 11) is -2.28. The Morgan fingerprint density at radius 2 is 1.79 bits per heavy atom. The number of anilines is 1. The highest BCUT2D eigenvalue weighted by molar-refractivity contribution is 7.89. The molecule has 10 nitrogen and oxygen atoms in total. The highest BCUT2D eigenvalue weighted by atomic mass is 32.2. The van der Waals surface area contributed by atoms with Crippen molar-refractivity contribution in [3.63, 3.8) is 0 Å². The molecular formula is C31H41N5O5S. The summed E-state index contributed by atoms with van der Waals surface area (Å²) in [5, 5.41) is 7.12. The van der Waals surface area contributed by atoms with E-state index < -0.39 is 10.0 Å². The number of hydrogen-bond donors (Lipinski definition) is 1. The number of nitrogens with one attached hydrogen (secondary N) is 1. The third-order valence-corrected chi connectivity index (χ3v) is 10.00. The molecule has 1 aromatic heterocycles. The highest BCUT2D eigenvalue weighted by Gasteiger charge is 2.31. The Hall–Kier alpha value is -3.28. The van der Waals surface area contributed by atoms with Crippen molar-refractivity contribution in [3.8, 4) is 17.1 Å². The third kappa shape index (κ3) is 6.85. The van der Waals surface area contributed by atoms with Crippen molar-refractivity contribution in [2.45, 2.75) is 69.7 Å². The number of methoxy groups -OCH3 is 1. The molecule has 1 unspecified atom stereocenters. The second kappa shape index (κ2) is 12.5. The van der Waals surface area contributed by atoms with Crippen molar-refractivity contribution >= 4 is 21.6 Å². The lowest BCUT2D eigenvalue weighted by Crippen LogP contribution is -2.40. The Labute approximate surface area is 248 Å². The molecule has 1 N–H and O–H groups in total. The summed E-state index contributed by atoms with van der Waals surface area (Å²) in [6.45, 7) is 9.33. The number of piperidine rings is 2. The van der Waals surface area contributed by atoms with Crippen LogP contribution in [0.4, 0.5) is 5.69 Å². The van der Waals surface area contributed by atoms with Crippen LogP contribution in [0.5, 0.6) is 5.75 Å². The number of benzene rings is 2. The summed E-state index contributed by atoms with van der Waals surface area (Å²) in [5.41, 5.74) is 2.64. The minimum atomic E-state index is -3.73. The molecule has 0 radical (unpaired) electrons. The van der Waals surface area contributed by atoms with Gasteiger partial charge in [-0.3, -0.25) is 9.69 Å². The first-order valence-electron chi connectivity index (χ1n) is 14.7. The van der Waals surface area contributed by atoms with Crippen molar-refractivity contribution in [2.24, 2.45) is 5.92 Å². The normalized spacial score (nSPS) is 19.0. The summed E-state index contributed by atoms with van der Waals surface area (Å²) < 4.78 is 39.2. The van der Waals surface area contributed by atoms with E-state index >= 15 is 0 Å². The average Bonchev–Trinajstić information content (AvgIpc) is 3.45. The molecule has 0 bridgehead atoms. The number of likely N-dealkylation sites (tertiary alicyclic amines) is 1. The Kier molecular flexibility index (Phi) is 9.00. The Morgan fingerprint density at radius 3 is 2.48 bits per heavy atom. The molecule has 5 rings (SSSR count). The van der Waals surface area contributed by atoms with E-state index in [0.717, 1.165) is 44.2 Å². The molecule has 1 amide bonds. The zero-order valence-corrected chi connectivity index (χ0v) is 25.7. The molecule has 2 aromatic carbocycles. The summed E-state index contributed by atoms with van der Waals surface area (Å²) in [5.74, 6) is 0.929. The van der Waals surface area contributed by atoms with Gasteiger partial charge in [-0.05, 0) is 61.4 Å². The van der Waals surface area contributed by atoms with E-state index in [1.807, 2.05) is 12.1 Å². The number of rotatable bonds is 8. The molecular weight excluding hydrogens is 554 g/mol. The lowest BCUT2D eigenvalue weighted by molar-refractivity contribution is -0.121. The maximum atomic E-state index is 13.4. The van der Waals surface area contributed by atoms with E-state index in [2.05, 4.69) is 53.3 Å². The molecule has 226 valence electrons. The fourth-order valence-electron chi connectivity index (χ4n) is 5.60. The summed E-state index contributed by atoms with van der Waals surface area (Å²) in [4.78, 5) is 20.1. The summed E-state index contributed by atoms with van der Waals surface area (Å²) in [6, 6.07) is 13.0. The molecule has 2 saturated heterocycles. The molecule has 2 aliphatic heterocycles. The molecule has 2 fully saturated rings. The van der Waals surface area contributed by atoms with Crippen LogP contribution in [0.25, 0.3) is 11.4 Å². The molecule has 0 spiro atoms. The summed E-state index contributed by atoms with van der Waals surface area (Å²) >= 11 is 0. The second-order valence-electron chi connectivity index (χ2n) is 12.2. The van der Waals surface area contributed by atoms with Gasteiger partial charge in [0, 0.05) is 30.9 Å². The Bertz CT molecular complexity index is 1490. The predicted molar refractivity (Wildman–Crippen MR) is 161 cm³/mol. The number of hydrogen-bond acceptors (Lipinski definition) is 8. The van der Waals surface area contributed by atoms with Crippen LogP contribution in [0.3, 0.4) is 0 Å². The molecule has 0 saturated carbocycles. The minimum Gasteiger partial charge on any atom is -0.495 e. The molecule has 1 atom stereocenters. The average molecular weight is 596 g/mol. The lowest BCUT2D eigenvalue weighted by Gasteiger charge is -2.31. The largest absolute Gasteiger partial charge is 0.495 e. The minimum absolute atomic E-state index is 0.0679. The quantitative estimate of drug-likeness (QED) is 0.384. The van der Waals surface area contributed by atoms with Gasteiger partial charge in [0.2, 0.25) is 27.6 Å². The van der Waals surface area contributed by atoms with Gasteiger partial charge in [-0.15, -0.1) is 0 Å². The van der Waals surface area contributed by atoms with Crippen LogP contribution in [0.15, 0.2) is 51.9 Å². The van der Waals surface area contributed by atoms with Crippen molar-refractivity contribution < 1.29 is 22.5 Å². The molecule has 0 aliphatic carbocycles. The van der Waals surface area contributed by atoms with Gasteiger partial charge < -0.3 is 14.6 Å². The number of nitrogens with zero attached hydrogens (tertiary/aromatic N) is 4. The van der Waals surface area contributed by atoms with Crippen LogP contribution in [0.2, 0.25) is 0 Å². The van der Waals surface area contributed by atoms with Gasteiger partial charge in [-0.25, -0.2) is 8.42 Å². The lowest BCUT2D eigenvalue weighted by atomic mass is 9.87. The molecule has 42 heavy (non-hydrogen) atoms. The van der Waals surface area contributed by atoms with Crippen molar-refractivity contribution in [1.82, 2.24) is 19.3 Å². The van der Waals surface area contributed by atoms with Crippen LogP contribution in [-0.2, 0) is 26.8 Å². The Morgan fingerprint density at radius 1 is 1.05 bits per heavy atom. The van der Waals surface area contributed by atoms with Crippen LogP contribution >= 0.6 is 0 Å². The number of ether oxygens (including phenoxy) is 1. The first-order chi connectivity index (χ1) is 20.0. The third-order valence-electron chi connectivity index (χ3n) is 8.08. The Balaban J connectivity index is 1.22. The molecule has 11 heteroatoms. The number of amides is 1. The zero-order valence-electron chi connectivity index (χ0n) is 24.9. The number of carbonyl (C=O) groups excluding carboxylic acids is 1. The van der Waals surface area contributed by atoms with E-state index in [1.165, 1.54) is 23.0 Å². The van der Waals surface area contributed by atoms with Gasteiger partial charge in [0.05, 0.1) is 19.6 Å². The van der Waals surface area contributed by atoms with E-state index in [0.29, 0.717) is 43.6 Å². The van der Waals surface area contributed by atoms with E-state index in [4.69, 9.17) is 9.26 Å². The van der Waals surface area contributed by atoms with Crippen LogP contribution in [0.1, 0.15) is 64.3 Å². The van der Waals surface area contributed by atoms with E-state index in [1.54, 1.807) is 12.1 Å². The van der Waals surface area contributed by atoms with Gasteiger partial charge in [-0.2, -0.15) is 9.29 Å². The van der Waals surface area contributed by atoms with Gasteiger partial charge in [0.15, 0.2) is 0 Å². The maximum Gasteiger partial charge on any atom is 0.246 e. The molecule has 3 aromatic rings. The monoisotopic (exact) mass is 595 g/mol. The fraction of sp³-hybridized carbons (Fsp3) is 0.516. The molecule has 3 heterocycles. The van der Waals surface area contributed by atoms with Crippen LogP contribution in [0, 0.1) is 5.92 Å². The molecule has 2 aliphatic rings. The zero-order chi connectivity index (χ0) is 29.9. The van der Waals surface area contributed by atoms with Crippen molar-refractivity contribution in [1.29, 1.82) is 0 Å². The van der Waals surface area contributed by atoms with Gasteiger partial charge in [0.1, 0.15) is 10.6 Å². The second-order valence-corrected chi connectivity index (χ2v) is 14.1.